The van der Waals surface area contributed by atoms with E-state index in [2.05, 4.69) is 6.92 Å². The van der Waals surface area contributed by atoms with E-state index in [0.717, 1.165) is 19.3 Å². The van der Waals surface area contributed by atoms with Crippen molar-refractivity contribution < 1.29 is 34.5 Å². The molecule has 5 atom stereocenters. The topological polar surface area (TPSA) is 118 Å². The number of unbranched alkanes of at least 4 members (excludes halogenated alkanes) is 9. The molecule has 0 aromatic carbocycles. The number of carbonyl (C=O) groups is 2. The Morgan fingerprint density at radius 2 is 1.30 bits per heavy atom. The monoisotopic (exact) mass is 473 g/mol. The van der Waals surface area contributed by atoms with Crippen LogP contribution in [0.2, 0.25) is 0 Å². The molecule has 0 aromatic rings. The Labute approximate surface area is 201 Å². The molecule has 0 amide bonds. The van der Waals surface area contributed by atoms with Gasteiger partial charge in [0.05, 0.1) is 32.3 Å². The minimum Gasteiger partial charge on any atom is -0.544 e. The zero-order chi connectivity index (χ0) is 25.7. The number of quaternary nitrogens is 1. The van der Waals surface area contributed by atoms with Crippen LogP contribution in [0.3, 0.4) is 0 Å². The molecule has 0 saturated heterocycles. The predicted molar refractivity (Wildman–Crippen MR) is 129 cm³/mol. The van der Waals surface area contributed by atoms with Crippen molar-refractivity contribution in [1.29, 1.82) is 0 Å². The molecule has 5 unspecified atom stereocenters. The lowest BCUT2D eigenvalue weighted by Gasteiger charge is -2.55. The van der Waals surface area contributed by atoms with Crippen molar-refractivity contribution in [2.75, 3.05) is 14.1 Å². The number of aliphatic hydroxyl groups is 2. The first-order valence-corrected chi connectivity index (χ1v) is 13.0. The van der Waals surface area contributed by atoms with Gasteiger partial charge in [0, 0.05) is 12.8 Å². The Kier molecular flexibility index (Phi) is 15.1. The van der Waals surface area contributed by atoms with E-state index in [4.69, 9.17) is 0 Å². The highest BCUT2D eigenvalue weighted by Gasteiger charge is 2.57. The highest BCUT2D eigenvalue weighted by atomic mass is 16.4. The Hall–Kier alpha value is -1.18. The van der Waals surface area contributed by atoms with Gasteiger partial charge in [-0.1, -0.05) is 64.7 Å². The lowest BCUT2D eigenvalue weighted by molar-refractivity contribution is -0.961. The molecule has 33 heavy (non-hydrogen) atoms. The van der Waals surface area contributed by atoms with E-state index < -0.39 is 35.6 Å². The van der Waals surface area contributed by atoms with E-state index in [1.807, 2.05) is 0 Å². The number of carboxylic acids is 2. The first-order valence-electron chi connectivity index (χ1n) is 13.0. The molecule has 0 spiro atoms. The number of carboxylic acid groups (broad SMARTS) is 2. The maximum atomic E-state index is 12.5. The molecule has 0 saturated carbocycles. The van der Waals surface area contributed by atoms with Crippen molar-refractivity contribution in [2.45, 2.75) is 135 Å². The fraction of sp³-hybridized carbons (Fsp3) is 0.923. The van der Waals surface area contributed by atoms with Crippen molar-refractivity contribution in [3.05, 3.63) is 0 Å². The van der Waals surface area contributed by atoms with Crippen LogP contribution < -0.4 is 5.11 Å². The van der Waals surface area contributed by atoms with Gasteiger partial charge in [0.2, 0.25) is 0 Å². The summed E-state index contributed by atoms with van der Waals surface area (Å²) in [5, 5.41) is 42.5. The van der Waals surface area contributed by atoms with E-state index in [0.29, 0.717) is 12.8 Å². The smallest absolute Gasteiger partial charge is 0.313 e. The van der Waals surface area contributed by atoms with Crippen LogP contribution in [0.25, 0.3) is 0 Å². The lowest BCUT2D eigenvalue weighted by atomic mass is 9.75. The highest BCUT2D eigenvalue weighted by Crippen LogP contribution is 2.39. The molecular weight excluding hydrogens is 422 g/mol. The number of hydrogen-bond acceptors (Lipinski definition) is 5. The number of aliphatic hydroxyl groups excluding tert-OH is 2. The molecule has 0 radical (unpaired) electrons. The van der Waals surface area contributed by atoms with Crippen molar-refractivity contribution in [3.63, 3.8) is 0 Å². The van der Waals surface area contributed by atoms with E-state index >= 15 is 0 Å². The van der Waals surface area contributed by atoms with Gasteiger partial charge in [-0.25, -0.2) is 0 Å². The molecule has 0 fully saturated rings. The molecule has 0 rings (SSSR count). The van der Waals surface area contributed by atoms with Gasteiger partial charge in [-0.05, 0) is 33.6 Å². The zero-order valence-corrected chi connectivity index (χ0v) is 22.0. The molecule has 0 heterocycles. The first-order chi connectivity index (χ1) is 15.3. The molecular formula is C26H51NO6. The van der Waals surface area contributed by atoms with Gasteiger partial charge in [-0.3, -0.25) is 4.79 Å². The summed E-state index contributed by atoms with van der Waals surface area (Å²) in [6.45, 7) is 6.73. The number of aliphatic carboxylic acids is 2. The largest absolute Gasteiger partial charge is 0.544 e. The molecule has 7 heteroatoms. The highest BCUT2D eigenvalue weighted by molar-refractivity contribution is 5.84. The van der Waals surface area contributed by atoms with Crippen molar-refractivity contribution in [1.82, 2.24) is 0 Å². The minimum absolute atomic E-state index is 0.157. The molecule has 0 aliphatic heterocycles. The maximum absolute atomic E-state index is 12.5. The minimum atomic E-state index is -1.82. The van der Waals surface area contributed by atoms with E-state index in [1.165, 1.54) is 58.8 Å². The number of nitrogens with zero attached hydrogens (tertiary/aromatic N) is 1. The van der Waals surface area contributed by atoms with Crippen LogP contribution in [0, 0.1) is 5.92 Å². The molecule has 0 aromatic heterocycles. The van der Waals surface area contributed by atoms with Gasteiger partial charge in [-0.15, -0.1) is 0 Å². The quantitative estimate of drug-likeness (QED) is 0.184. The second-order valence-corrected chi connectivity index (χ2v) is 10.6. The third kappa shape index (κ3) is 9.91. The predicted octanol–water partition coefficient (Wildman–Crippen LogP) is 3.49. The van der Waals surface area contributed by atoms with Crippen LogP contribution >= 0.6 is 0 Å². The fourth-order valence-corrected chi connectivity index (χ4v) is 5.35. The Morgan fingerprint density at radius 1 is 0.848 bits per heavy atom. The van der Waals surface area contributed by atoms with Crippen molar-refractivity contribution in [3.8, 4) is 0 Å². The molecule has 0 aliphatic rings. The van der Waals surface area contributed by atoms with Gasteiger partial charge < -0.3 is 29.7 Å². The van der Waals surface area contributed by atoms with Gasteiger partial charge in [-0.2, -0.15) is 0 Å². The average molecular weight is 474 g/mol. The van der Waals surface area contributed by atoms with Crippen molar-refractivity contribution in [2.24, 2.45) is 5.92 Å². The Bertz CT molecular complexity index is 563. The normalized spacial score (nSPS) is 17.7. The van der Waals surface area contributed by atoms with Gasteiger partial charge in [0.15, 0.2) is 5.54 Å². The second kappa shape index (κ2) is 15.7. The Morgan fingerprint density at radius 3 is 1.67 bits per heavy atom. The number of carbonyl (C=O) groups excluding carboxylic acids is 1. The van der Waals surface area contributed by atoms with Crippen molar-refractivity contribution >= 4 is 11.9 Å². The van der Waals surface area contributed by atoms with Crippen LogP contribution in [0.1, 0.15) is 111 Å². The Balaban J connectivity index is 5.34. The number of hydrogen-bond donors (Lipinski definition) is 3. The van der Waals surface area contributed by atoms with Crippen LogP contribution in [0.4, 0.5) is 0 Å². The molecule has 0 bridgehead atoms. The summed E-state index contributed by atoms with van der Waals surface area (Å²) in [5.74, 6) is -3.97. The van der Waals surface area contributed by atoms with E-state index in [9.17, 15) is 30.0 Å². The first kappa shape index (κ1) is 31.8. The summed E-state index contributed by atoms with van der Waals surface area (Å²) in [4.78, 5) is 24.5. The second-order valence-electron chi connectivity index (χ2n) is 10.6. The summed E-state index contributed by atoms with van der Waals surface area (Å²) in [6, 6.07) is -0.280. The number of likely N-dealkylation sites (N-methyl/N-ethyl adjacent to an activating group) is 1. The summed E-state index contributed by atoms with van der Waals surface area (Å²) in [6.07, 6.45) is 11.0. The van der Waals surface area contributed by atoms with Gasteiger partial charge >= 0.3 is 5.97 Å². The number of rotatable bonds is 20. The summed E-state index contributed by atoms with van der Waals surface area (Å²) in [5.41, 5.74) is -1.82. The molecule has 3 N–H and O–H groups in total. The average Bonchev–Trinajstić information content (AvgIpc) is 2.70. The zero-order valence-electron chi connectivity index (χ0n) is 22.0. The van der Waals surface area contributed by atoms with Crippen LogP contribution in [-0.2, 0) is 9.59 Å². The molecule has 7 nitrogen and oxygen atoms in total. The lowest BCUT2D eigenvalue weighted by Crippen LogP contribution is -2.75. The summed E-state index contributed by atoms with van der Waals surface area (Å²) < 4.78 is -0.157. The summed E-state index contributed by atoms with van der Waals surface area (Å²) >= 11 is 0. The van der Waals surface area contributed by atoms with E-state index in [-0.39, 0.29) is 16.9 Å². The molecule has 196 valence electrons. The SMILES string of the molecule is CCCCCCCCCCCCC(CC(C)O)[N+](C)(C)C(CC(C)O)(C(=O)[O-])C(C)C(=O)O. The van der Waals surface area contributed by atoms with Crippen LogP contribution in [0.15, 0.2) is 0 Å². The standard InChI is InChI=1S/C26H51NO6/c1-7-8-9-10-11-12-13-14-15-16-17-23(18-20(2)28)27(5,6)26(25(32)33,19-21(3)29)22(4)24(30)31/h20-23,28-29H,7-19H2,1-6H3,(H-,30,31,32,33). The third-order valence-corrected chi connectivity index (χ3v) is 7.49. The third-order valence-electron chi connectivity index (χ3n) is 7.49. The van der Waals surface area contributed by atoms with Gasteiger partial charge in [0.25, 0.3) is 0 Å². The fourth-order valence-electron chi connectivity index (χ4n) is 5.35. The summed E-state index contributed by atoms with van der Waals surface area (Å²) in [7, 11) is 3.42. The van der Waals surface area contributed by atoms with Crippen LogP contribution in [-0.4, -0.2) is 69.6 Å². The van der Waals surface area contributed by atoms with Crippen LogP contribution in [0.5, 0.6) is 0 Å². The maximum Gasteiger partial charge on any atom is 0.313 e. The van der Waals surface area contributed by atoms with Gasteiger partial charge in [0.1, 0.15) is 11.9 Å². The molecule has 0 aliphatic carbocycles. The van der Waals surface area contributed by atoms with E-state index in [1.54, 1.807) is 21.0 Å².